The number of aldehydes is 1. The van der Waals surface area contributed by atoms with Gasteiger partial charge in [0.05, 0.1) is 69.7 Å². The molecule has 0 saturated carbocycles. The molecule has 0 aromatic heterocycles. The van der Waals surface area contributed by atoms with Gasteiger partial charge in [-0.2, -0.15) is 8.61 Å². The number of nitrogens with two attached hydrogens (primary N) is 1. The molecule has 4 N–H and O–H groups in total. The summed E-state index contributed by atoms with van der Waals surface area (Å²) in [6.07, 6.45) is 0.805. The minimum atomic E-state index is -4.10. The van der Waals surface area contributed by atoms with Gasteiger partial charge in [-0.1, -0.05) is 145 Å². The van der Waals surface area contributed by atoms with E-state index in [9.17, 15) is 38.8 Å². The minimum absolute atomic E-state index is 0.0772. The molecule has 12 aromatic rings. The smallest absolute Gasteiger partial charge is 0.264 e. The van der Waals surface area contributed by atoms with Crippen LogP contribution in [0.3, 0.4) is 0 Å². The van der Waals surface area contributed by atoms with Crippen molar-refractivity contribution in [3.8, 4) is 51.7 Å². The highest BCUT2D eigenvalue weighted by Crippen LogP contribution is 2.33. The number of anilines is 1. The summed E-state index contributed by atoms with van der Waals surface area (Å²) in [5.41, 5.74) is 14.4. The molecule has 0 heterocycles. The van der Waals surface area contributed by atoms with Crippen LogP contribution in [-0.4, -0.2) is 104 Å². The van der Waals surface area contributed by atoms with Crippen molar-refractivity contribution in [1.29, 1.82) is 0 Å². The lowest BCUT2D eigenvalue weighted by molar-refractivity contribution is 0.112. The van der Waals surface area contributed by atoms with Gasteiger partial charge in [-0.3, -0.25) is 4.79 Å². The standard InChI is InChI=1S/C30H31BrN2O5S.C22H21BrFNO4S.C16H19NO2.C8H11NO.C8H8O2.C6H3BrClFO2S/c1-36-26-11-4-22(5-12-26)19-32-29-18-25(31)10-17-30(29)39(34,35)33(20-23-6-13-27(37-2)14-7-23)21-24-8-15-28(38-3)16-9-24;1-28-19-8-3-16(4-9-19)14-25(15-17-5-10-20(29-2)11-6-17)30(26,27)22-12-7-18(23)13-21(22)24;1-18-15-7-3-13(4-8-15)11-17-12-14-5-9-16(19-2)10-6-14;2*1-10-8-4-2-7(6-9)3-5-8;7-4-1-2-6(5(9)3-4)12(8,10)11/h4-18,32H,19-21H2,1-3H3;3-13H,14-15H2,1-2H3;3-10,17H,11-12H2,1-2H3;2-5H,6,9H2,1H3;2-6H,1H3;1-3H. The van der Waals surface area contributed by atoms with Gasteiger partial charge in [-0.25, -0.2) is 34.0 Å². The van der Waals surface area contributed by atoms with Gasteiger partial charge in [-0.05, 0) is 220 Å². The van der Waals surface area contributed by atoms with Crippen LogP contribution >= 0.6 is 58.5 Å². The number of methoxy groups -OCH3 is 9. The maximum absolute atomic E-state index is 14.5. The quantitative estimate of drug-likeness (QED) is 0.0269. The first kappa shape index (κ1) is 96.7. The van der Waals surface area contributed by atoms with Gasteiger partial charge in [0.15, 0.2) is 0 Å². The third-order valence-electron chi connectivity index (χ3n) is 17.6. The lowest BCUT2D eigenvalue weighted by Gasteiger charge is -2.24. The Morgan fingerprint density at radius 2 is 0.575 bits per heavy atom. The second-order valence-corrected chi connectivity index (χ2v) is 34.7. The second kappa shape index (κ2) is 49.4. The van der Waals surface area contributed by atoms with E-state index in [-0.39, 0.29) is 36.0 Å². The third kappa shape index (κ3) is 31.3. The Hall–Kier alpha value is -10.4. The second-order valence-electron chi connectivity index (χ2n) is 25.6. The summed E-state index contributed by atoms with van der Waals surface area (Å²) in [5, 5.41) is 6.73. The highest BCUT2D eigenvalue weighted by molar-refractivity contribution is 9.11. The first-order valence-corrected chi connectivity index (χ1v) is 44.1. The largest absolute Gasteiger partial charge is 0.497 e. The highest BCUT2D eigenvalue weighted by atomic mass is 79.9. The Morgan fingerprint density at radius 3 is 0.842 bits per heavy atom. The van der Waals surface area contributed by atoms with Crippen molar-refractivity contribution in [2.24, 2.45) is 5.73 Å². The number of benzene rings is 12. The molecule has 30 heteroatoms. The minimum Gasteiger partial charge on any atom is -0.497 e. The molecule has 120 heavy (non-hydrogen) atoms. The van der Waals surface area contributed by atoms with Crippen LogP contribution in [0.15, 0.2) is 301 Å². The summed E-state index contributed by atoms with van der Waals surface area (Å²) in [6.45, 7) is 3.25. The van der Waals surface area contributed by atoms with Crippen molar-refractivity contribution in [1.82, 2.24) is 13.9 Å². The van der Waals surface area contributed by atoms with Gasteiger partial charge < -0.3 is 59.0 Å². The normalized spacial score (nSPS) is 10.8. The molecule has 21 nitrogen and oxygen atoms in total. The molecule has 0 aliphatic rings. The molecule has 0 atom stereocenters. The first-order chi connectivity index (χ1) is 57.6. The monoisotopic (exact) mass is 1910 g/mol. The van der Waals surface area contributed by atoms with Crippen LogP contribution in [0, 0.1) is 11.6 Å². The Balaban J connectivity index is 0.000000215. The molecular formula is C90H93Br3ClF2N5O16S3. The van der Waals surface area contributed by atoms with Crippen LogP contribution in [-0.2, 0) is 81.5 Å². The van der Waals surface area contributed by atoms with Crippen molar-refractivity contribution in [2.75, 3.05) is 69.3 Å². The van der Waals surface area contributed by atoms with Gasteiger partial charge in [0.1, 0.15) is 84.4 Å². The number of rotatable bonds is 31. The van der Waals surface area contributed by atoms with Crippen LogP contribution in [0.5, 0.6) is 51.7 Å². The number of carbonyl (C=O) groups excluding carboxylic acids is 1. The average Bonchev–Trinajstić information content (AvgIpc) is 0.780. The Labute approximate surface area is 731 Å². The fourth-order valence-corrected chi connectivity index (χ4v) is 15.9. The molecule has 0 saturated heterocycles. The highest BCUT2D eigenvalue weighted by Gasteiger charge is 2.30. The van der Waals surface area contributed by atoms with Crippen LogP contribution in [0.1, 0.15) is 54.9 Å². The van der Waals surface area contributed by atoms with Crippen LogP contribution in [0.2, 0.25) is 0 Å². The fraction of sp³-hybridized carbons (Fsp3) is 0.189. The van der Waals surface area contributed by atoms with E-state index in [2.05, 4.69) is 82.7 Å². The zero-order valence-electron chi connectivity index (χ0n) is 67.2. The molecule has 0 bridgehead atoms. The average molecular weight is 1910 g/mol. The molecule has 0 spiro atoms. The molecule has 0 amide bonds. The molecular weight excluding hydrogens is 1820 g/mol. The molecule has 0 unspecified atom stereocenters. The zero-order valence-corrected chi connectivity index (χ0v) is 75.2. The number of nitrogens with zero attached hydrogens (tertiary/aromatic N) is 2. The van der Waals surface area contributed by atoms with Crippen molar-refractivity contribution in [2.45, 2.75) is 67.0 Å². The molecule has 0 aliphatic carbocycles. The van der Waals surface area contributed by atoms with Crippen molar-refractivity contribution in [3.05, 3.63) is 348 Å². The maximum Gasteiger partial charge on any atom is 0.264 e. The number of ether oxygens (including phenoxy) is 9. The summed E-state index contributed by atoms with van der Waals surface area (Å²) in [7, 11) is 7.48. The van der Waals surface area contributed by atoms with E-state index in [1.807, 2.05) is 121 Å². The van der Waals surface area contributed by atoms with Crippen molar-refractivity contribution >= 4 is 99.5 Å². The fourth-order valence-electron chi connectivity index (χ4n) is 10.9. The van der Waals surface area contributed by atoms with Gasteiger partial charge in [0.2, 0.25) is 20.0 Å². The number of sulfonamides is 2. The third-order valence-corrected chi connectivity index (χ3v) is 24.1. The van der Waals surface area contributed by atoms with Gasteiger partial charge in [0.25, 0.3) is 9.05 Å². The van der Waals surface area contributed by atoms with Gasteiger partial charge >= 0.3 is 0 Å². The van der Waals surface area contributed by atoms with E-state index in [4.69, 9.17) is 59.0 Å². The van der Waals surface area contributed by atoms with Crippen molar-refractivity contribution < 1.29 is 81.5 Å². The predicted octanol–water partition coefficient (Wildman–Crippen LogP) is 19.6. The summed E-state index contributed by atoms with van der Waals surface area (Å²) in [5.74, 6) is 5.27. The van der Waals surface area contributed by atoms with E-state index in [1.54, 1.807) is 155 Å². The molecule has 0 aliphatic heterocycles. The maximum atomic E-state index is 14.5. The number of halogens is 6. The lowest BCUT2D eigenvalue weighted by Crippen LogP contribution is -2.31. The van der Waals surface area contributed by atoms with E-state index in [1.165, 1.54) is 37.9 Å². The number of nitrogens with one attached hydrogen (secondary N) is 2. The molecule has 0 fully saturated rings. The first-order valence-electron chi connectivity index (χ1n) is 36.5. The lowest BCUT2D eigenvalue weighted by atomic mass is 10.2. The SMILES string of the molecule is COc1ccc(C=O)cc1.COc1ccc(CN(Cc2ccc(OC)cc2)S(=O)(=O)c2ccc(Br)cc2F)cc1.COc1ccc(CN)cc1.COc1ccc(CNCc2ccc(OC)cc2)cc1.COc1ccc(CNc2cc(Br)ccc2S(=O)(=O)N(Cc2ccc(OC)cc2)Cc2ccc(OC)cc2)cc1.O=S(=O)(Cl)c1ccc(Br)cc1F. The van der Waals surface area contributed by atoms with Crippen molar-refractivity contribution in [3.63, 3.8) is 0 Å². The van der Waals surface area contributed by atoms with Gasteiger partial charge in [0, 0.05) is 82.0 Å². The number of carbonyl (C=O) groups is 1. The van der Waals surface area contributed by atoms with Gasteiger partial charge in [-0.15, -0.1) is 0 Å². The van der Waals surface area contributed by atoms with E-state index >= 15 is 0 Å². The molecule has 634 valence electrons. The predicted molar refractivity (Wildman–Crippen MR) is 476 cm³/mol. The molecule has 0 radical (unpaired) electrons. The summed E-state index contributed by atoms with van der Waals surface area (Å²) < 4.78 is 154. The van der Waals surface area contributed by atoms with Crippen LogP contribution in [0.4, 0.5) is 14.5 Å². The Bertz CT molecular complexity index is 5330. The Kier molecular flexibility index (Phi) is 39.8. The zero-order chi connectivity index (χ0) is 87.2. The molecule has 12 aromatic carbocycles. The van der Waals surface area contributed by atoms with E-state index in [0.29, 0.717) is 56.3 Å². The topological polar surface area (TPSA) is 259 Å². The number of hydrogen-bond acceptors (Lipinski definition) is 19. The summed E-state index contributed by atoms with van der Waals surface area (Å²) in [4.78, 5) is 9.49. The van der Waals surface area contributed by atoms with Crippen LogP contribution in [0.25, 0.3) is 0 Å². The number of hydrogen-bond donors (Lipinski definition) is 3. The van der Waals surface area contributed by atoms with E-state index in [0.717, 1.165) is 104 Å². The van der Waals surface area contributed by atoms with Crippen LogP contribution < -0.4 is 59.0 Å². The summed E-state index contributed by atoms with van der Waals surface area (Å²) in [6, 6.07) is 80.1. The summed E-state index contributed by atoms with van der Waals surface area (Å²) >= 11 is 9.64. The molecule has 12 rings (SSSR count). The van der Waals surface area contributed by atoms with E-state index < -0.39 is 45.6 Å². The Morgan fingerprint density at radius 1 is 0.333 bits per heavy atom.